The summed E-state index contributed by atoms with van der Waals surface area (Å²) in [5.74, 6) is 1.10. The van der Waals surface area contributed by atoms with E-state index in [1.54, 1.807) is 11.7 Å². The Kier molecular flexibility index (Phi) is 6.61. The SMILES string of the molecule is CN=C(Nc1c(C=O)c(CO)nn1C(C)c1ccc(C(C)(C)C)cc1)N(C)C. The molecule has 0 aliphatic heterocycles. The molecule has 0 bridgehead atoms. The van der Waals surface area contributed by atoms with Gasteiger partial charge in [-0.25, -0.2) is 4.68 Å². The second kappa shape index (κ2) is 8.56. The van der Waals surface area contributed by atoms with Gasteiger partial charge in [-0.1, -0.05) is 45.0 Å². The zero-order valence-electron chi connectivity index (χ0n) is 17.8. The number of aliphatic hydroxyl groups is 1. The Morgan fingerprint density at radius 1 is 1.32 bits per heavy atom. The van der Waals surface area contributed by atoms with Crippen LogP contribution >= 0.6 is 0 Å². The summed E-state index contributed by atoms with van der Waals surface area (Å²) in [5, 5.41) is 17.3. The van der Waals surface area contributed by atoms with Gasteiger partial charge >= 0.3 is 0 Å². The van der Waals surface area contributed by atoms with Crippen LogP contribution in [0.2, 0.25) is 0 Å². The van der Waals surface area contributed by atoms with Crippen molar-refractivity contribution in [3.05, 3.63) is 46.6 Å². The first-order valence-electron chi connectivity index (χ1n) is 9.33. The molecule has 1 atom stereocenters. The van der Waals surface area contributed by atoms with Crippen LogP contribution in [0.4, 0.5) is 5.82 Å². The van der Waals surface area contributed by atoms with E-state index in [0.717, 1.165) is 11.8 Å². The highest BCUT2D eigenvalue weighted by Gasteiger charge is 2.23. The van der Waals surface area contributed by atoms with Crippen LogP contribution in [0.15, 0.2) is 29.3 Å². The maximum atomic E-state index is 11.7. The molecule has 0 amide bonds. The molecule has 0 saturated heterocycles. The van der Waals surface area contributed by atoms with E-state index in [-0.39, 0.29) is 18.1 Å². The molecule has 1 aromatic carbocycles. The van der Waals surface area contributed by atoms with Crippen molar-refractivity contribution in [2.24, 2.45) is 4.99 Å². The molecule has 2 aromatic rings. The van der Waals surface area contributed by atoms with Crippen molar-refractivity contribution in [3.8, 4) is 0 Å². The molecule has 7 nitrogen and oxygen atoms in total. The van der Waals surface area contributed by atoms with Gasteiger partial charge in [-0.05, 0) is 23.5 Å². The fourth-order valence-corrected chi connectivity index (χ4v) is 3.02. The number of aliphatic imine (C=N–C) groups is 1. The van der Waals surface area contributed by atoms with Gasteiger partial charge in [0.25, 0.3) is 0 Å². The molecule has 0 aliphatic rings. The molecule has 28 heavy (non-hydrogen) atoms. The highest BCUT2D eigenvalue weighted by atomic mass is 16.3. The van der Waals surface area contributed by atoms with Gasteiger partial charge in [-0.2, -0.15) is 5.10 Å². The molecule has 152 valence electrons. The van der Waals surface area contributed by atoms with E-state index in [0.29, 0.717) is 23.0 Å². The normalized spacial score (nSPS) is 13.4. The largest absolute Gasteiger partial charge is 0.390 e. The lowest BCUT2D eigenvalue weighted by molar-refractivity contribution is 0.112. The Hall–Kier alpha value is -2.67. The van der Waals surface area contributed by atoms with Crippen molar-refractivity contribution in [2.45, 2.75) is 45.8 Å². The first-order chi connectivity index (χ1) is 13.1. The van der Waals surface area contributed by atoms with Gasteiger partial charge in [0.05, 0.1) is 18.2 Å². The van der Waals surface area contributed by atoms with Crippen molar-refractivity contribution >= 4 is 18.1 Å². The van der Waals surface area contributed by atoms with Crippen LogP contribution in [0.3, 0.4) is 0 Å². The quantitative estimate of drug-likeness (QED) is 0.470. The van der Waals surface area contributed by atoms with Gasteiger partial charge in [-0.3, -0.25) is 9.79 Å². The van der Waals surface area contributed by atoms with Gasteiger partial charge in [0.15, 0.2) is 12.2 Å². The molecular formula is C21H31N5O2. The summed E-state index contributed by atoms with van der Waals surface area (Å²) in [6.07, 6.45) is 0.718. The summed E-state index contributed by atoms with van der Waals surface area (Å²) < 4.78 is 1.73. The van der Waals surface area contributed by atoms with Crippen molar-refractivity contribution in [2.75, 3.05) is 26.5 Å². The van der Waals surface area contributed by atoms with E-state index in [2.05, 4.69) is 60.4 Å². The molecule has 1 aromatic heterocycles. The number of carbonyl (C=O) groups excluding carboxylic acids is 1. The van der Waals surface area contributed by atoms with Crippen LogP contribution in [-0.4, -0.2) is 53.2 Å². The van der Waals surface area contributed by atoms with E-state index in [9.17, 15) is 9.90 Å². The topological polar surface area (TPSA) is 82.7 Å². The number of carbonyl (C=O) groups is 1. The highest BCUT2D eigenvalue weighted by Crippen LogP contribution is 2.29. The second-order valence-corrected chi connectivity index (χ2v) is 8.04. The second-order valence-electron chi connectivity index (χ2n) is 8.04. The van der Waals surface area contributed by atoms with Crippen LogP contribution in [0, 0.1) is 0 Å². The van der Waals surface area contributed by atoms with E-state index in [4.69, 9.17) is 0 Å². The summed E-state index contributed by atoms with van der Waals surface area (Å²) in [6, 6.07) is 8.26. The molecule has 0 fully saturated rings. The molecule has 7 heteroatoms. The van der Waals surface area contributed by atoms with Crippen LogP contribution in [0.1, 0.15) is 60.9 Å². The fourth-order valence-electron chi connectivity index (χ4n) is 3.02. The molecule has 0 radical (unpaired) electrons. The third-order valence-corrected chi connectivity index (χ3v) is 4.78. The zero-order valence-corrected chi connectivity index (χ0v) is 17.8. The summed E-state index contributed by atoms with van der Waals surface area (Å²) in [6.45, 7) is 8.23. The smallest absolute Gasteiger partial charge is 0.198 e. The molecule has 0 saturated carbocycles. The number of aliphatic hydroxyl groups excluding tert-OH is 1. The average molecular weight is 386 g/mol. The lowest BCUT2D eigenvalue weighted by Crippen LogP contribution is -2.31. The summed E-state index contributed by atoms with van der Waals surface area (Å²) in [4.78, 5) is 17.7. The summed E-state index contributed by atoms with van der Waals surface area (Å²) >= 11 is 0. The highest BCUT2D eigenvalue weighted by molar-refractivity contribution is 5.97. The monoisotopic (exact) mass is 385 g/mol. The number of anilines is 1. The standard InChI is InChI=1S/C21H31N5O2/c1-14(15-8-10-16(11-9-15)21(2,3)4)26-19(23-20(22-5)25(6)7)17(12-27)18(13-28)24-26/h8-12,14,28H,13H2,1-7H3,(H,22,23). The van der Waals surface area contributed by atoms with Crippen LogP contribution in [0.5, 0.6) is 0 Å². The van der Waals surface area contributed by atoms with E-state index >= 15 is 0 Å². The number of benzene rings is 1. The number of aldehydes is 1. The Morgan fingerprint density at radius 3 is 2.36 bits per heavy atom. The van der Waals surface area contributed by atoms with Crippen molar-refractivity contribution < 1.29 is 9.90 Å². The van der Waals surface area contributed by atoms with E-state index in [1.165, 1.54) is 5.56 Å². The number of hydrogen-bond acceptors (Lipinski definition) is 4. The Bertz CT molecular complexity index is 845. The minimum Gasteiger partial charge on any atom is -0.390 e. The maximum Gasteiger partial charge on any atom is 0.198 e. The molecule has 0 aliphatic carbocycles. The molecular weight excluding hydrogens is 354 g/mol. The van der Waals surface area contributed by atoms with Gasteiger partial charge < -0.3 is 15.3 Å². The fraction of sp³-hybridized carbons (Fsp3) is 0.476. The lowest BCUT2D eigenvalue weighted by Gasteiger charge is -2.22. The van der Waals surface area contributed by atoms with E-state index < -0.39 is 0 Å². The third kappa shape index (κ3) is 4.42. The van der Waals surface area contributed by atoms with Crippen LogP contribution in [-0.2, 0) is 12.0 Å². The third-order valence-electron chi connectivity index (χ3n) is 4.78. The number of nitrogens with one attached hydrogen (secondary N) is 1. The number of nitrogens with zero attached hydrogens (tertiary/aromatic N) is 4. The summed E-state index contributed by atoms with van der Waals surface area (Å²) in [5.41, 5.74) is 3.06. The predicted octanol–water partition coefficient (Wildman–Crippen LogP) is 3.05. The summed E-state index contributed by atoms with van der Waals surface area (Å²) in [7, 11) is 5.39. The predicted molar refractivity (Wildman–Crippen MR) is 113 cm³/mol. The Morgan fingerprint density at radius 2 is 1.93 bits per heavy atom. The van der Waals surface area contributed by atoms with Gasteiger partial charge in [0.1, 0.15) is 11.5 Å². The van der Waals surface area contributed by atoms with Crippen molar-refractivity contribution in [1.29, 1.82) is 0 Å². The van der Waals surface area contributed by atoms with Gasteiger partial charge in [-0.15, -0.1) is 0 Å². The first-order valence-corrected chi connectivity index (χ1v) is 9.33. The molecule has 1 heterocycles. The number of hydrogen-bond donors (Lipinski definition) is 2. The van der Waals surface area contributed by atoms with Crippen LogP contribution < -0.4 is 5.32 Å². The van der Waals surface area contributed by atoms with Crippen molar-refractivity contribution in [3.63, 3.8) is 0 Å². The van der Waals surface area contributed by atoms with E-state index in [1.807, 2.05) is 25.9 Å². The molecule has 2 N–H and O–H groups in total. The zero-order chi connectivity index (χ0) is 21.1. The minimum atomic E-state index is -0.313. The molecule has 1 unspecified atom stereocenters. The maximum absolute atomic E-state index is 11.7. The average Bonchev–Trinajstić information content (AvgIpc) is 3.01. The minimum absolute atomic E-state index is 0.0765. The molecule has 0 spiro atoms. The van der Waals surface area contributed by atoms with Gasteiger partial charge in [0.2, 0.25) is 0 Å². The number of guanidine groups is 1. The number of aromatic nitrogens is 2. The van der Waals surface area contributed by atoms with Gasteiger partial charge in [0, 0.05) is 21.1 Å². The first kappa shape index (κ1) is 21.6. The van der Waals surface area contributed by atoms with Crippen molar-refractivity contribution in [1.82, 2.24) is 14.7 Å². The molecule has 2 rings (SSSR count). The lowest BCUT2D eigenvalue weighted by atomic mass is 9.86. The Balaban J connectivity index is 2.51. The Labute approximate surface area is 167 Å². The van der Waals surface area contributed by atoms with Crippen LogP contribution in [0.25, 0.3) is 0 Å². The number of rotatable bonds is 5.